The fourth-order valence-electron chi connectivity index (χ4n) is 5.20. The molecule has 3 aliphatic carbocycles. The second kappa shape index (κ2) is 8.23. The second-order valence-electron chi connectivity index (χ2n) is 8.44. The molecule has 0 aliphatic heterocycles. The first-order valence-electron chi connectivity index (χ1n) is 11.1. The number of ether oxygens (including phenoxy) is 2. The summed E-state index contributed by atoms with van der Waals surface area (Å²) in [6.07, 6.45) is 4.77. The van der Waals surface area contributed by atoms with Crippen LogP contribution in [0.2, 0.25) is 0 Å². The number of carbonyl (C=O) groups is 2. The van der Waals surface area contributed by atoms with Crippen LogP contribution in [0, 0.1) is 0 Å². The van der Waals surface area contributed by atoms with Crippen LogP contribution in [0.4, 0.5) is 0 Å². The van der Waals surface area contributed by atoms with Crippen LogP contribution >= 0.6 is 0 Å². The van der Waals surface area contributed by atoms with Crippen LogP contribution in [0.25, 0.3) is 0 Å². The SMILES string of the molecule is O=C(OC1C(OC(=O)c2cccnc2)[C@H]2c3ccccc3[C@H]1c1ccccc12)c1cccnc1. The van der Waals surface area contributed by atoms with Crippen molar-refractivity contribution in [3.63, 3.8) is 0 Å². The number of benzene rings is 2. The van der Waals surface area contributed by atoms with Gasteiger partial charge in [0.25, 0.3) is 0 Å². The monoisotopic (exact) mass is 448 g/mol. The van der Waals surface area contributed by atoms with Gasteiger partial charge < -0.3 is 9.47 Å². The summed E-state index contributed by atoms with van der Waals surface area (Å²) in [6.45, 7) is 0. The lowest BCUT2D eigenvalue weighted by Crippen LogP contribution is -2.51. The van der Waals surface area contributed by atoms with E-state index in [0.717, 1.165) is 22.3 Å². The van der Waals surface area contributed by atoms with Gasteiger partial charge in [-0.2, -0.15) is 0 Å². The lowest BCUT2D eigenvalue weighted by atomic mass is 9.61. The van der Waals surface area contributed by atoms with Gasteiger partial charge in [0.1, 0.15) is 0 Å². The zero-order valence-corrected chi connectivity index (χ0v) is 18.1. The van der Waals surface area contributed by atoms with Crippen molar-refractivity contribution in [1.82, 2.24) is 9.97 Å². The van der Waals surface area contributed by atoms with Crippen molar-refractivity contribution < 1.29 is 19.1 Å². The molecule has 2 heterocycles. The number of carbonyl (C=O) groups excluding carboxylic acids is 2. The van der Waals surface area contributed by atoms with Crippen molar-refractivity contribution in [1.29, 1.82) is 0 Å². The standard InChI is InChI=1S/C28H20N2O4/c31-27(17-7-5-13-29-15-17)33-25-23-19-9-1-2-10-20(19)24(22-12-4-3-11-21(22)23)26(25)34-28(32)18-8-6-14-30-16-18/h1-16,23-26H/t23-,24-,25?,26?. The Bertz CT molecular complexity index is 1220. The van der Waals surface area contributed by atoms with Crippen molar-refractivity contribution in [3.05, 3.63) is 131 Å². The summed E-state index contributed by atoms with van der Waals surface area (Å²) in [4.78, 5) is 34.3. The highest BCUT2D eigenvalue weighted by Gasteiger charge is 2.53. The number of nitrogens with zero attached hydrogens (tertiary/aromatic N) is 2. The molecule has 34 heavy (non-hydrogen) atoms. The first-order valence-corrected chi connectivity index (χ1v) is 11.1. The van der Waals surface area contributed by atoms with E-state index in [1.807, 2.05) is 24.3 Å². The van der Waals surface area contributed by atoms with Crippen LogP contribution in [-0.4, -0.2) is 34.1 Å². The summed E-state index contributed by atoms with van der Waals surface area (Å²) in [7, 11) is 0. The number of rotatable bonds is 4. The summed E-state index contributed by atoms with van der Waals surface area (Å²) in [5.74, 6) is -1.51. The third kappa shape index (κ3) is 3.27. The van der Waals surface area contributed by atoms with E-state index in [1.165, 1.54) is 12.4 Å². The van der Waals surface area contributed by atoms with E-state index in [-0.39, 0.29) is 11.8 Å². The Morgan fingerprint density at radius 3 is 1.26 bits per heavy atom. The Kier molecular flexibility index (Phi) is 4.91. The topological polar surface area (TPSA) is 78.4 Å². The average molecular weight is 448 g/mol. The Hall–Kier alpha value is -4.32. The van der Waals surface area contributed by atoms with Gasteiger partial charge in [-0.15, -0.1) is 0 Å². The van der Waals surface area contributed by atoms with Gasteiger partial charge in [-0.05, 0) is 46.5 Å². The molecule has 0 amide bonds. The molecule has 0 radical (unpaired) electrons. The molecule has 2 atom stereocenters. The third-order valence-electron chi connectivity index (χ3n) is 6.59. The van der Waals surface area contributed by atoms with Gasteiger partial charge in [0.15, 0.2) is 12.2 Å². The molecule has 3 aliphatic rings. The smallest absolute Gasteiger partial charge is 0.340 e. The largest absolute Gasteiger partial charge is 0.454 e. The van der Waals surface area contributed by atoms with Crippen LogP contribution in [0.1, 0.15) is 54.8 Å². The number of hydrogen-bond donors (Lipinski definition) is 0. The van der Waals surface area contributed by atoms with Crippen LogP contribution in [0.3, 0.4) is 0 Å². The van der Waals surface area contributed by atoms with E-state index in [4.69, 9.17) is 9.47 Å². The highest BCUT2D eigenvalue weighted by molar-refractivity contribution is 5.90. The van der Waals surface area contributed by atoms with E-state index in [0.29, 0.717) is 11.1 Å². The van der Waals surface area contributed by atoms with E-state index < -0.39 is 24.1 Å². The minimum atomic E-state index is -0.692. The Balaban J connectivity index is 1.46. The fourth-order valence-corrected chi connectivity index (χ4v) is 5.20. The summed E-state index contributed by atoms with van der Waals surface area (Å²) in [6, 6.07) is 22.9. The van der Waals surface area contributed by atoms with Crippen molar-refractivity contribution in [2.75, 3.05) is 0 Å². The molecule has 2 aromatic heterocycles. The lowest BCUT2D eigenvalue weighted by molar-refractivity contribution is -0.0557. The summed E-state index contributed by atoms with van der Waals surface area (Å²) in [5, 5.41) is 0. The first-order chi connectivity index (χ1) is 16.7. The van der Waals surface area contributed by atoms with Crippen LogP contribution in [0.5, 0.6) is 0 Å². The highest BCUT2D eigenvalue weighted by Crippen LogP contribution is 2.54. The van der Waals surface area contributed by atoms with E-state index >= 15 is 0 Å². The number of aromatic nitrogens is 2. The first kappa shape index (κ1) is 20.3. The van der Waals surface area contributed by atoms with Crippen molar-refractivity contribution in [3.8, 4) is 0 Å². The van der Waals surface area contributed by atoms with Gasteiger partial charge in [0, 0.05) is 24.8 Å². The van der Waals surface area contributed by atoms with Gasteiger partial charge in [0.05, 0.1) is 23.0 Å². The summed E-state index contributed by atoms with van der Waals surface area (Å²) in [5.41, 5.74) is 5.05. The van der Waals surface area contributed by atoms with E-state index in [1.54, 1.807) is 36.7 Å². The van der Waals surface area contributed by atoms with Crippen molar-refractivity contribution in [2.24, 2.45) is 0 Å². The summed E-state index contributed by atoms with van der Waals surface area (Å²) >= 11 is 0. The maximum absolute atomic E-state index is 13.1. The average Bonchev–Trinajstić information content (AvgIpc) is 2.90. The predicted octanol–water partition coefficient (Wildman–Crippen LogP) is 4.52. The number of esters is 2. The third-order valence-corrected chi connectivity index (χ3v) is 6.59. The normalized spacial score (nSPS) is 21.8. The van der Waals surface area contributed by atoms with Crippen LogP contribution in [-0.2, 0) is 9.47 Å². The molecule has 7 rings (SSSR count). The minimum absolute atomic E-state index is 0.260. The zero-order chi connectivity index (χ0) is 23.1. The zero-order valence-electron chi connectivity index (χ0n) is 18.1. The molecule has 0 N–H and O–H groups in total. The molecule has 0 spiro atoms. The van der Waals surface area contributed by atoms with Crippen LogP contribution in [0.15, 0.2) is 97.6 Å². The molecule has 166 valence electrons. The van der Waals surface area contributed by atoms with Gasteiger partial charge in [0.2, 0.25) is 0 Å². The Labute approximate surface area is 196 Å². The van der Waals surface area contributed by atoms with Gasteiger partial charge in [-0.25, -0.2) is 9.59 Å². The Morgan fingerprint density at radius 2 is 0.941 bits per heavy atom. The molecular formula is C28H20N2O4. The Morgan fingerprint density at radius 1 is 0.559 bits per heavy atom. The maximum atomic E-state index is 13.1. The molecule has 0 saturated carbocycles. The maximum Gasteiger partial charge on any atom is 0.340 e. The highest BCUT2D eigenvalue weighted by atomic mass is 16.6. The molecule has 6 heteroatoms. The molecule has 2 unspecified atom stereocenters. The predicted molar refractivity (Wildman–Crippen MR) is 123 cm³/mol. The molecule has 0 saturated heterocycles. The lowest BCUT2D eigenvalue weighted by Gasteiger charge is -2.49. The molecule has 4 aromatic rings. The van der Waals surface area contributed by atoms with E-state index in [9.17, 15) is 9.59 Å². The van der Waals surface area contributed by atoms with Crippen LogP contribution < -0.4 is 0 Å². The molecule has 6 nitrogen and oxygen atoms in total. The second-order valence-corrected chi connectivity index (χ2v) is 8.44. The molecular weight excluding hydrogens is 428 g/mol. The fraction of sp³-hybridized carbons (Fsp3) is 0.143. The van der Waals surface area contributed by atoms with Gasteiger partial charge >= 0.3 is 11.9 Å². The van der Waals surface area contributed by atoms with Gasteiger partial charge in [-0.1, -0.05) is 48.5 Å². The quantitative estimate of drug-likeness (QED) is 0.427. The number of hydrogen-bond acceptors (Lipinski definition) is 6. The molecule has 0 fully saturated rings. The number of fused-ring (bicyclic) bond motifs is 1. The molecule has 2 bridgehead atoms. The summed E-state index contributed by atoms with van der Waals surface area (Å²) < 4.78 is 12.2. The van der Waals surface area contributed by atoms with Crippen molar-refractivity contribution in [2.45, 2.75) is 24.0 Å². The van der Waals surface area contributed by atoms with Crippen molar-refractivity contribution >= 4 is 11.9 Å². The minimum Gasteiger partial charge on any atom is -0.454 e. The van der Waals surface area contributed by atoms with E-state index in [2.05, 4.69) is 34.2 Å². The number of pyridine rings is 2. The van der Waals surface area contributed by atoms with Gasteiger partial charge in [-0.3, -0.25) is 9.97 Å². The molecule has 2 aromatic carbocycles.